The minimum Gasteiger partial charge on any atom is -0.492 e. The molecule has 0 aliphatic heterocycles. The number of para-hydroxylation sites is 2. The zero-order valence-corrected chi connectivity index (χ0v) is 20.4. The maximum absolute atomic E-state index is 13.4. The molecule has 36 heavy (non-hydrogen) atoms. The first-order valence-corrected chi connectivity index (χ1v) is 12.3. The smallest absolute Gasteiger partial charge is 0.255 e. The summed E-state index contributed by atoms with van der Waals surface area (Å²) in [6, 6.07) is 29.5. The van der Waals surface area contributed by atoms with Gasteiger partial charge in [0.15, 0.2) is 0 Å². The molecule has 1 unspecified atom stereocenters. The van der Waals surface area contributed by atoms with Gasteiger partial charge in [0.1, 0.15) is 16.8 Å². The van der Waals surface area contributed by atoms with Gasteiger partial charge in [-0.1, -0.05) is 42.5 Å². The topological polar surface area (TPSA) is 67.4 Å². The van der Waals surface area contributed by atoms with E-state index in [0.29, 0.717) is 29.3 Å². The Morgan fingerprint density at radius 3 is 2.19 bits per heavy atom. The molecule has 4 rings (SSSR count). The number of amides is 2. The number of benzene rings is 4. The van der Waals surface area contributed by atoms with E-state index in [0.717, 1.165) is 10.5 Å². The first-order chi connectivity index (χ1) is 17.5. The van der Waals surface area contributed by atoms with Crippen LogP contribution >= 0.6 is 11.8 Å². The van der Waals surface area contributed by atoms with Crippen molar-refractivity contribution in [1.29, 1.82) is 0 Å². The van der Waals surface area contributed by atoms with Gasteiger partial charge in [-0.25, -0.2) is 4.39 Å². The molecule has 0 saturated heterocycles. The lowest BCUT2D eigenvalue weighted by atomic mass is 10.1. The third kappa shape index (κ3) is 6.52. The standard InChI is InChI=1S/C29H25FN2O3S/c1-2-35-26-11-7-6-10-25(26)32-29(34)27(20-8-4-3-5-9-20)36-24-18-16-23(17-19-24)31-28(33)21-12-14-22(30)15-13-21/h3-19,27H,2H2,1H3,(H,31,33)(H,32,34). The molecule has 182 valence electrons. The van der Waals surface area contributed by atoms with Crippen LogP contribution in [-0.4, -0.2) is 18.4 Å². The van der Waals surface area contributed by atoms with Gasteiger partial charge in [-0.15, -0.1) is 11.8 Å². The summed E-state index contributed by atoms with van der Waals surface area (Å²) >= 11 is 1.41. The highest BCUT2D eigenvalue weighted by Crippen LogP contribution is 2.37. The summed E-state index contributed by atoms with van der Waals surface area (Å²) in [5, 5.41) is 5.29. The Kier molecular flexibility index (Phi) is 8.36. The highest BCUT2D eigenvalue weighted by Gasteiger charge is 2.23. The Morgan fingerprint density at radius 1 is 0.833 bits per heavy atom. The predicted octanol–water partition coefficient (Wildman–Crippen LogP) is 6.95. The van der Waals surface area contributed by atoms with Crippen molar-refractivity contribution in [3.8, 4) is 5.75 Å². The van der Waals surface area contributed by atoms with Crippen LogP contribution in [0.1, 0.15) is 28.1 Å². The number of hydrogen-bond acceptors (Lipinski definition) is 4. The molecule has 0 fully saturated rings. The van der Waals surface area contributed by atoms with E-state index in [1.54, 1.807) is 12.1 Å². The maximum atomic E-state index is 13.4. The second kappa shape index (κ2) is 12.0. The molecule has 4 aromatic rings. The van der Waals surface area contributed by atoms with Crippen LogP contribution in [0.25, 0.3) is 0 Å². The van der Waals surface area contributed by atoms with Gasteiger partial charge >= 0.3 is 0 Å². The van der Waals surface area contributed by atoms with Gasteiger partial charge < -0.3 is 15.4 Å². The lowest BCUT2D eigenvalue weighted by Gasteiger charge is -2.18. The summed E-state index contributed by atoms with van der Waals surface area (Å²) in [5.41, 5.74) is 2.44. The van der Waals surface area contributed by atoms with Gasteiger partial charge in [0, 0.05) is 16.1 Å². The second-order valence-corrected chi connectivity index (χ2v) is 8.99. The molecule has 4 aromatic carbocycles. The number of halogens is 1. The Bertz CT molecular complexity index is 1310. The first-order valence-electron chi connectivity index (χ1n) is 11.4. The second-order valence-electron chi connectivity index (χ2n) is 7.81. The molecule has 2 amide bonds. The summed E-state index contributed by atoms with van der Waals surface area (Å²) in [6.07, 6.45) is 0. The monoisotopic (exact) mass is 500 g/mol. The van der Waals surface area contributed by atoms with Crippen LogP contribution in [0.2, 0.25) is 0 Å². The highest BCUT2D eigenvalue weighted by atomic mass is 32.2. The number of carbonyl (C=O) groups is 2. The molecular weight excluding hydrogens is 475 g/mol. The quantitative estimate of drug-likeness (QED) is 0.244. The minimum atomic E-state index is -0.513. The average molecular weight is 501 g/mol. The fourth-order valence-electron chi connectivity index (χ4n) is 3.51. The first kappa shape index (κ1) is 25.0. The molecule has 2 N–H and O–H groups in total. The van der Waals surface area contributed by atoms with E-state index in [1.165, 1.54) is 36.0 Å². The Labute approximate surface area is 213 Å². The van der Waals surface area contributed by atoms with Crippen LogP contribution in [0.3, 0.4) is 0 Å². The van der Waals surface area contributed by atoms with E-state index in [9.17, 15) is 14.0 Å². The summed E-state index contributed by atoms with van der Waals surface area (Å²) in [4.78, 5) is 26.7. The molecule has 0 spiro atoms. The largest absolute Gasteiger partial charge is 0.492 e. The fraction of sp³-hybridized carbons (Fsp3) is 0.103. The van der Waals surface area contributed by atoms with Gasteiger partial charge in [0.25, 0.3) is 5.91 Å². The number of nitrogens with one attached hydrogen (secondary N) is 2. The Hall–Kier alpha value is -4.10. The lowest BCUT2D eigenvalue weighted by molar-refractivity contribution is -0.115. The van der Waals surface area contributed by atoms with E-state index < -0.39 is 11.1 Å². The Morgan fingerprint density at radius 2 is 1.50 bits per heavy atom. The SMILES string of the molecule is CCOc1ccccc1NC(=O)C(Sc1ccc(NC(=O)c2ccc(F)cc2)cc1)c1ccccc1. The zero-order valence-electron chi connectivity index (χ0n) is 19.6. The number of rotatable bonds is 9. The van der Waals surface area contributed by atoms with E-state index in [1.807, 2.05) is 73.7 Å². The molecule has 0 aliphatic rings. The molecule has 1 atom stereocenters. The van der Waals surface area contributed by atoms with Crippen LogP contribution in [0.15, 0.2) is 108 Å². The van der Waals surface area contributed by atoms with E-state index in [4.69, 9.17) is 4.74 Å². The van der Waals surface area contributed by atoms with Crippen LogP contribution in [0, 0.1) is 5.82 Å². The molecule has 0 heterocycles. The van der Waals surface area contributed by atoms with Crippen molar-refractivity contribution in [2.24, 2.45) is 0 Å². The van der Waals surface area contributed by atoms with Crippen LogP contribution in [0.5, 0.6) is 5.75 Å². The van der Waals surface area contributed by atoms with Gasteiger partial charge in [-0.3, -0.25) is 9.59 Å². The minimum absolute atomic E-state index is 0.174. The fourth-order valence-corrected chi connectivity index (χ4v) is 4.53. The zero-order chi connectivity index (χ0) is 25.3. The molecule has 0 saturated carbocycles. The summed E-state index contributed by atoms with van der Waals surface area (Å²) in [6.45, 7) is 2.39. The summed E-state index contributed by atoms with van der Waals surface area (Å²) < 4.78 is 18.8. The van der Waals surface area contributed by atoms with Crippen molar-refractivity contribution in [3.63, 3.8) is 0 Å². The molecular formula is C29H25FN2O3S. The lowest BCUT2D eigenvalue weighted by Crippen LogP contribution is -2.19. The number of carbonyl (C=O) groups excluding carboxylic acids is 2. The molecule has 7 heteroatoms. The number of hydrogen-bond donors (Lipinski definition) is 2. The van der Waals surface area contributed by atoms with Gasteiger partial charge in [0.2, 0.25) is 5.91 Å². The number of thioether (sulfide) groups is 1. The van der Waals surface area contributed by atoms with E-state index in [2.05, 4.69) is 10.6 Å². The van der Waals surface area contributed by atoms with Gasteiger partial charge in [-0.2, -0.15) is 0 Å². The highest BCUT2D eigenvalue weighted by molar-refractivity contribution is 8.00. The number of ether oxygens (including phenoxy) is 1. The predicted molar refractivity (Wildman–Crippen MR) is 142 cm³/mol. The van der Waals surface area contributed by atoms with Crippen LogP contribution in [-0.2, 0) is 4.79 Å². The van der Waals surface area contributed by atoms with Crippen molar-refractivity contribution in [2.45, 2.75) is 17.1 Å². The molecule has 0 radical (unpaired) electrons. The number of anilines is 2. The van der Waals surface area contributed by atoms with E-state index in [-0.39, 0.29) is 11.8 Å². The third-order valence-electron chi connectivity index (χ3n) is 5.26. The van der Waals surface area contributed by atoms with Crippen molar-refractivity contribution < 1.29 is 18.7 Å². The molecule has 0 bridgehead atoms. The van der Waals surface area contributed by atoms with Crippen molar-refractivity contribution in [1.82, 2.24) is 0 Å². The van der Waals surface area contributed by atoms with Crippen LogP contribution < -0.4 is 15.4 Å². The summed E-state index contributed by atoms with van der Waals surface area (Å²) in [7, 11) is 0. The van der Waals surface area contributed by atoms with Crippen molar-refractivity contribution >= 4 is 35.0 Å². The molecule has 0 aromatic heterocycles. The average Bonchev–Trinajstić information content (AvgIpc) is 2.90. The molecule has 5 nitrogen and oxygen atoms in total. The third-order valence-corrected chi connectivity index (χ3v) is 6.52. The molecule has 0 aliphatic carbocycles. The van der Waals surface area contributed by atoms with E-state index >= 15 is 0 Å². The summed E-state index contributed by atoms with van der Waals surface area (Å²) in [5.74, 6) is -0.283. The van der Waals surface area contributed by atoms with Crippen molar-refractivity contribution in [3.05, 3.63) is 120 Å². The maximum Gasteiger partial charge on any atom is 0.255 e. The van der Waals surface area contributed by atoms with Gasteiger partial charge in [0.05, 0.1) is 12.3 Å². The van der Waals surface area contributed by atoms with Crippen LogP contribution in [0.4, 0.5) is 15.8 Å². The normalized spacial score (nSPS) is 11.4. The van der Waals surface area contributed by atoms with Crippen molar-refractivity contribution in [2.75, 3.05) is 17.2 Å². The van der Waals surface area contributed by atoms with Gasteiger partial charge in [-0.05, 0) is 73.2 Å². The Balaban J connectivity index is 1.49.